The average molecular weight is 274 g/mol. The Labute approximate surface area is 114 Å². The van der Waals surface area contributed by atoms with Crippen molar-refractivity contribution in [3.05, 3.63) is 0 Å². The third-order valence-corrected chi connectivity index (χ3v) is 4.36. The van der Waals surface area contributed by atoms with Gasteiger partial charge in [-0.1, -0.05) is 12.8 Å². The highest BCUT2D eigenvalue weighted by molar-refractivity contribution is 7.99. The highest BCUT2D eigenvalue weighted by Crippen LogP contribution is 2.29. The number of nitrogens with zero attached hydrogens (tertiary/aromatic N) is 1. The predicted octanol–water partition coefficient (Wildman–Crippen LogP) is 1.10. The summed E-state index contributed by atoms with van der Waals surface area (Å²) in [6, 6.07) is 0.558. The Morgan fingerprint density at radius 2 is 2.22 bits per heavy atom. The monoisotopic (exact) mass is 274 g/mol. The molecule has 1 rings (SSSR count). The Balaban J connectivity index is 2.58. The summed E-state index contributed by atoms with van der Waals surface area (Å²) in [4.78, 5) is 4.72. The number of ether oxygens (including phenoxy) is 1. The van der Waals surface area contributed by atoms with Crippen molar-refractivity contribution in [3.8, 4) is 0 Å². The van der Waals surface area contributed by atoms with Gasteiger partial charge in [-0.05, 0) is 26.0 Å². The number of guanidine groups is 1. The Morgan fingerprint density at radius 3 is 2.83 bits per heavy atom. The third kappa shape index (κ3) is 5.04. The van der Waals surface area contributed by atoms with Gasteiger partial charge < -0.3 is 10.1 Å². The predicted molar refractivity (Wildman–Crippen MR) is 78.8 cm³/mol. The average Bonchev–Trinajstić information content (AvgIpc) is 2.38. The summed E-state index contributed by atoms with van der Waals surface area (Å²) in [6.07, 6.45) is 7.14. The zero-order valence-corrected chi connectivity index (χ0v) is 12.4. The van der Waals surface area contributed by atoms with E-state index in [9.17, 15) is 0 Å². The van der Waals surface area contributed by atoms with Crippen LogP contribution < -0.4 is 16.6 Å². The Kier molecular flexibility index (Phi) is 7.46. The summed E-state index contributed by atoms with van der Waals surface area (Å²) in [6.45, 7) is 2.68. The molecule has 3 unspecified atom stereocenters. The second-order valence-electron chi connectivity index (χ2n) is 4.75. The number of nitrogens with two attached hydrogens (primary N) is 1. The van der Waals surface area contributed by atoms with Gasteiger partial charge in [0.15, 0.2) is 0 Å². The lowest BCUT2D eigenvalue weighted by Gasteiger charge is -2.28. The normalized spacial score (nSPS) is 26.8. The molecule has 5 nitrogen and oxygen atoms in total. The summed E-state index contributed by atoms with van der Waals surface area (Å²) in [5, 5.41) is 3.85. The van der Waals surface area contributed by atoms with Gasteiger partial charge in [0.25, 0.3) is 0 Å². The lowest BCUT2D eigenvalue weighted by molar-refractivity contribution is 0.179. The smallest absolute Gasteiger partial charge is 0.206 e. The van der Waals surface area contributed by atoms with Crippen LogP contribution in [0.5, 0.6) is 0 Å². The van der Waals surface area contributed by atoms with Crippen molar-refractivity contribution in [3.63, 3.8) is 0 Å². The van der Waals surface area contributed by atoms with Crippen molar-refractivity contribution < 1.29 is 4.74 Å². The van der Waals surface area contributed by atoms with Crippen LogP contribution in [-0.2, 0) is 4.74 Å². The van der Waals surface area contributed by atoms with Crippen molar-refractivity contribution in [1.29, 1.82) is 0 Å². The maximum atomic E-state index is 5.53. The van der Waals surface area contributed by atoms with Crippen molar-refractivity contribution in [2.24, 2.45) is 10.8 Å². The number of hydrazine groups is 1. The van der Waals surface area contributed by atoms with Crippen LogP contribution in [0.4, 0.5) is 0 Å². The zero-order chi connectivity index (χ0) is 13.4. The summed E-state index contributed by atoms with van der Waals surface area (Å²) < 4.78 is 5.09. The van der Waals surface area contributed by atoms with E-state index in [0.717, 1.165) is 6.42 Å². The number of aliphatic imine (C=N–C) groups is 1. The van der Waals surface area contributed by atoms with E-state index in [1.54, 1.807) is 7.11 Å². The van der Waals surface area contributed by atoms with Crippen LogP contribution in [0.15, 0.2) is 4.99 Å². The number of thioether (sulfide) groups is 1. The van der Waals surface area contributed by atoms with Gasteiger partial charge in [-0.3, -0.25) is 5.43 Å². The molecule has 0 heterocycles. The maximum absolute atomic E-state index is 5.53. The molecule has 0 aromatic heterocycles. The topological polar surface area (TPSA) is 71.7 Å². The molecule has 0 aromatic rings. The van der Waals surface area contributed by atoms with Gasteiger partial charge in [-0.25, -0.2) is 10.8 Å². The van der Waals surface area contributed by atoms with Gasteiger partial charge >= 0.3 is 0 Å². The van der Waals surface area contributed by atoms with E-state index in [1.165, 1.54) is 19.3 Å². The van der Waals surface area contributed by atoms with Crippen molar-refractivity contribution >= 4 is 17.7 Å². The summed E-state index contributed by atoms with van der Waals surface area (Å²) in [5.74, 6) is 6.20. The molecule has 0 saturated heterocycles. The molecule has 1 fully saturated rings. The number of methoxy groups -OCH3 is 1. The fourth-order valence-electron chi connectivity index (χ4n) is 2.31. The minimum absolute atomic E-state index is 0.195. The Morgan fingerprint density at radius 1 is 1.50 bits per heavy atom. The minimum atomic E-state index is 0.195. The van der Waals surface area contributed by atoms with Crippen molar-refractivity contribution in [1.82, 2.24) is 10.7 Å². The number of hydrogen-bond acceptors (Lipinski definition) is 4. The second-order valence-corrected chi connectivity index (χ2v) is 5.83. The Hall–Kier alpha value is -0.460. The molecule has 3 atom stereocenters. The molecule has 0 bridgehead atoms. The van der Waals surface area contributed by atoms with E-state index in [4.69, 9.17) is 15.6 Å². The van der Waals surface area contributed by atoms with E-state index in [-0.39, 0.29) is 6.04 Å². The van der Waals surface area contributed by atoms with Gasteiger partial charge in [-0.15, -0.1) is 0 Å². The first-order valence-electron chi connectivity index (χ1n) is 6.54. The second kappa shape index (κ2) is 8.61. The molecule has 18 heavy (non-hydrogen) atoms. The molecule has 0 aromatic carbocycles. The molecule has 6 heteroatoms. The number of rotatable bonds is 5. The van der Waals surface area contributed by atoms with Gasteiger partial charge in [-0.2, -0.15) is 11.8 Å². The van der Waals surface area contributed by atoms with E-state index in [0.29, 0.717) is 23.9 Å². The van der Waals surface area contributed by atoms with Crippen LogP contribution in [0.3, 0.4) is 0 Å². The highest BCUT2D eigenvalue weighted by Gasteiger charge is 2.24. The van der Waals surface area contributed by atoms with Gasteiger partial charge in [0.2, 0.25) is 5.96 Å². The van der Waals surface area contributed by atoms with Crippen LogP contribution in [0, 0.1) is 0 Å². The van der Waals surface area contributed by atoms with Crippen molar-refractivity contribution in [2.75, 3.05) is 20.0 Å². The lowest BCUT2D eigenvalue weighted by atomic mass is 9.95. The van der Waals surface area contributed by atoms with Gasteiger partial charge in [0.1, 0.15) is 0 Å². The maximum Gasteiger partial charge on any atom is 0.206 e. The molecule has 0 spiro atoms. The van der Waals surface area contributed by atoms with E-state index >= 15 is 0 Å². The molecule has 1 aliphatic carbocycles. The number of nitrogens with one attached hydrogen (secondary N) is 2. The summed E-state index contributed by atoms with van der Waals surface area (Å²) >= 11 is 1.91. The van der Waals surface area contributed by atoms with Crippen molar-refractivity contribution in [2.45, 2.75) is 49.9 Å². The summed E-state index contributed by atoms with van der Waals surface area (Å²) in [7, 11) is 1.69. The Bertz CT molecular complexity index is 262. The van der Waals surface area contributed by atoms with Crippen LogP contribution >= 0.6 is 11.8 Å². The first kappa shape index (κ1) is 15.6. The first-order chi connectivity index (χ1) is 8.71. The fraction of sp³-hybridized carbons (Fsp3) is 0.917. The van der Waals surface area contributed by atoms with E-state index in [2.05, 4.69) is 17.0 Å². The minimum Gasteiger partial charge on any atom is -0.383 e. The molecule has 1 saturated carbocycles. The molecule has 0 radical (unpaired) electrons. The van der Waals surface area contributed by atoms with Crippen LogP contribution in [-0.4, -0.2) is 43.3 Å². The van der Waals surface area contributed by atoms with Gasteiger partial charge in [0, 0.05) is 18.4 Å². The van der Waals surface area contributed by atoms with Crippen LogP contribution in [0.2, 0.25) is 0 Å². The molecule has 0 amide bonds. The van der Waals surface area contributed by atoms with Crippen LogP contribution in [0.25, 0.3) is 0 Å². The standard InChI is InChI=1S/C12H26N4OS/c1-9(8-17-2)14-12(16-13)15-10-6-4-5-7-11(10)18-3/h9-11H,4-8,13H2,1-3H3,(H2,14,15,16). The van der Waals surface area contributed by atoms with E-state index < -0.39 is 0 Å². The molecule has 106 valence electrons. The molecule has 1 aliphatic rings. The molecular formula is C12H26N4OS. The molecule has 0 aliphatic heterocycles. The highest BCUT2D eigenvalue weighted by atomic mass is 32.2. The first-order valence-corrected chi connectivity index (χ1v) is 7.82. The SMILES string of the molecule is COCC(C)NC(=NC1CCCCC1SC)NN. The largest absolute Gasteiger partial charge is 0.383 e. The summed E-state index contributed by atoms with van der Waals surface area (Å²) in [5.41, 5.74) is 2.66. The third-order valence-electron chi connectivity index (χ3n) is 3.20. The lowest BCUT2D eigenvalue weighted by Crippen LogP contribution is -2.48. The van der Waals surface area contributed by atoms with Gasteiger partial charge in [0.05, 0.1) is 12.6 Å². The fourth-order valence-corrected chi connectivity index (χ4v) is 3.22. The van der Waals surface area contributed by atoms with E-state index in [1.807, 2.05) is 18.7 Å². The molecule has 4 N–H and O–H groups in total. The van der Waals surface area contributed by atoms with Crippen LogP contribution in [0.1, 0.15) is 32.6 Å². The molecular weight excluding hydrogens is 248 g/mol. The zero-order valence-electron chi connectivity index (χ0n) is 11.6. The quantitative estimate of drug-likeness (QED) is 0.303. The number of hydrogen-bond donors (Lipinski definition) is 3.